The van der Waals surface area contributed by atoms with Gasteiger partial charge >= 0.3 is 6.18 Å². The lowest BCUT2D eigenvalue weighted by atomic mass is 10.1. The second kappa shape index (κ2) is 4.73. The maximum atomic E-state index is 12.7. The van der Waals surface area contributed by atoms with Crippen LogP contribution in [0.1, 0.15) is 5.56 Å². The van der Waals surface area contributed by atoms with E-state index in [0.29, 0.717) is 22.1 Å². The monoisotopic (exact) mass is 313 g/mol. The summed E-state index contributed by atoms with van der Waals surface area (Å²) in [6, 6.07) is 7.84. The number of nitrogens with zero attached hydrogens (tertiary/aromatic N) is 1. The number of benzene rings is 2. The lowest BCUT2D eigenvalue weighted by Gasteiger charge is -2.19. The predicted molar refractivity (Wildman–Crippen MR) is 74.6 cm³/mol. The van der Waals surface area contributed by atoms with E-state index in [9.17, 15) is 18.3 Å². The summed E-state index contributed by atoms with van der Waals surface area (Å²) in [5.74, 6) is -0.0230. The molecule has 0 aliphatic carbocycles. The fraction of sp³-hybridized carbons (Fsp3) is 0.0714. The number of anilines is 3. The molecule has 2 aromatic carbocycles. The molecule has 2 N–H and O–H groups in total. The van der Waals surface area contributed by atoms with E-state index in [1.54, 1.807) is 0 Å². The first kappa shape index (κ1) is 13.9. The largest absolute Gasteiger partial charge is 0.506 e. The van der Waals surface area contributed by atoms with Crippen molar-refractivity contribution in [3.05, 3.63) is 53.7 Å². The van der Waals surface area contributed by atoms with Crippen LogP contribution in [0.2, 0.25) is 5.02 Å². The van der Waals surface area contributed by atoms with E-state index < -0.39 is 11.7 Å². The topological polar surface area (TPSA) is 35.5 Å². The number of hydrogen-bond donors (Lipinski definition) is 2. The molecule has 1 heterocycles. The fourth-order valence-electron chi connectivity index (χ4n) is 2.13. The molecule has 0 saturated carbocycles. The van der Waals surface area contributed by atoms with Gasteiger partial charge in [0.15, 0.2) is 0 Å². The van der Waals surface area contributed by atoms with Crippen LogP contribution < -0.4 is 10.2 Å². The van der Waals surface area contributed by atoms with Gasteiger partial charge in [-0.05, 0) is 36.4 Å². The molecule has 2 aromatic rings. The second-order valence-electron chi connectivity index (χ2n) is 4.51. The molecule has 0 bridgehead atoms. The molecule has 0 saturated heterocycles. The maximum absolute atomic E-state index is 12.7. The van der Waals surface area contributed by atoms with Crippen LogP contribution in [0.4, 0.5) is 30.2 Å². The van der Waals surface area contributed by atoms with Crippen molar-refractivity contribution in [1.29, 1.82) is 0 Å². The molecule has 0 spiro atoms. The molecular weight excluding hydrogens is 305 g/mol. The van der Waals surface area contributed by atoms with Crippen molar-refractivity contribution in [2.75, 3.05) is 10.2 Å². The van der Waals surface area contributed by atoms with Gasteiger partial charge in [0.1, 0.15) is 12.4 Å². The molecule has 3 nitrogen and oxygen atoms in total. The molecule has 0 fully saturated rings. The molecule has 1 aliphatic heterocycles. The smallest absolute Gasteiger partial charge is 0.416 e. The number of nitrogens with one attached hydrogen (secondary N) is 1. The summed E-state index contributed by atoms with van der Waals surface area (Å²) in [4.78, 5) is 1.54. The van der Waals surface area contributed by atoms with Crippen LogP contribution in [-0.2, 0) is 6.18 Å². The molecule has 7 heteroatoms. The summed E-state index contributed by atoms with van der Waals surface area (Å²) >= 11 is 5.89. The van der Waals surface area contributed by atoms with Crippen molar-refractivity contribution >= 4 is 28.7 Å². The van der Waals surface area contributed by atoms with Crippen LogP contribution in [0.5, 0.6) is 5.75 Å². The van der Waals surface area contributed by atoms with Crippen LogP contribution in [0, 0.1) is 6.67 Å². The van der Waals surface area contributed by atoms with Crippen molar-refractivity contribution in [2.45, 2.75) is 6.18 Å². The van der Waals surface area contributed by atoms with Crippen LogP contribution >= 0.6 is 11.6 Å². The van der Waals surface area contributed by atoms with Gasteiger partial charge < -0.3 is 15.3 Å². The number of phenolic OH excluding ortho intramolecular Hbond substituents is 1. The lowest BCUT2D eigenvalue weighted by molar-refractivity contribution is -0.137. The van der Waals surface area contributed by atoms with E-state index in [1.165, 1.54) is 35.8 Å². The molecule has 21 heavy (non-hydrogen) atoms. The first-order chi connectivity index (χ1) is 9.86. The van der Waals surface area contributed by atoms with E-state index in [-0.39, 0.29) is 5.75 Å². The van der Waals surface area contributed by atoms with Crippen molar-refractivity contribution in [1.82, 2.24) is 0 Å². The average molecular weight is 314 g/mol. The van der Waals surface area contributed by atoms with Gasteiger partial charge in [-0.2, -0.15) is 13.2 Å². The van der Waals surface area contributed by atoms with Gasteiger partial charge in [0, 0.05) is 5.02 Å². The molecule has 0 amide bonds. The highest BCUT2D eigenvalue weighted by Gasteiger charge is 2.33. The highest BCUT2D eigenvalue weighted by atomic mass is 35.5. The van der Waals surface area contributed by atoms with Gasteiger partial charge in [0.25, 0.3) is 0 Å². The number of rotatable bonds is 1. The molecule has 109 valence electrons. The van der Waals surface area contributed by atoms with Gasteiger partial charge in [-0.25, -0.2) is 0 Å². The Balaban J connectivity index is 2.03. The summed E-state index contributed by atoms with van der Waals surface area (Å²) in [7, 11) is 0. The number of alkyl halides is 3. The van der Waals surface area contributed by atoms with E-state index >= 15 is 0 Å². The second-order valence-corrected chi connectivity index (χ2v) is 4.94. The third kappa shape index (κ3) is 2.47. The SMILES string of the molecule is Oc1ccc(Cl)cc1N1[CH]Nc2cc(C(F)(F)F)ccc21. The first-order valence-electron chi connectivity index (χ1n) is 5.95. The van der Waals surface area contributed by atoms with Gasteiger partial charge in [-0.3, -0.25) is 0 Å². The normalized spacial score (nSPS) is 14.0. The zero-order chi connectivity index (χ0) is 15.2. The Hall–Kier alpha value is -2.08. The van der Waals surface area contributed by atoms with Gasteiger partial charge in [0.2, 0.25) is 0 Å². The third-order valence-corrected chi connectivity index (χ3v) is 3.36. The number of halogens is 4. The molecule has 1 radical (unpaired) electrons. The quantitative estimate of drug-likeness (QED) is 0.797. The van der Waals surface area contributed by atoms with Crippen molar-refractivity contribution in [3.63, 3.8) is 0 Å². The standard InChI is InChI=1S/C14H9ClF3N2O/c15-9-2-4-13(21)12(6-9)20-7-19-10-5-8(14(16,17)18)1-3-11(10)20/h1-7,19,21H. The Morgan fingerprint density at radius 1 is 1.05 bits per heavy atom. The fourth-order valence-corrected chi connectivity index (χ4v) is 2.30. The molecule has 0 unspecified atom stereocenters. The Morgan fingerprint density at radius 2 is 1.81 bits per heavy atom. The van der Waals surface area contributed by atoms with Crippen molar-refractivity contribution in [2.24, 2.45) is 0 Å². The summed E-state index contributed by atoms with van der Waals surface area (Å²) in [5.41, 5.74) is 0.456. The number of hydrogen-bond acceptors (Lipinski definition) is 3. The van der Waals surface area contributed by atoms with Crippen LogP contribution in [0.3, 0.4) is 0 Å². The highest BCUT2D eigenvalue weighted by Crippen LogP contribution is 2.44. The summed E-state index contributed by atoms with van der Waals surface area (Å²) < 4.78 is 38.1. The van der Waals surface area contributed by atoms with Crippen molar-refractivity contribution < 1.29 is 18.3 Å². The Bertz CT molecular complexity index is 703. The number of fused-ring (bicyclic) bond motifs is 1. The minimum absolute atomic E-state index is 0.0230. The van der Waals surface area contributed by atoms with Gasteiger partial charge in [0.05, 0.1) is 22.6 Å². The zero-order valence-electron chi connectivity index (χ0n) is 10.4. The Kier molecular flexibility index (Phi) is 3.13. The van der Waals surface area contributed by atoms with Gasteiger partial charge in [-0.1, -0.05) is 11.6 Å². The first-order valence-corrected chi connectivity index (χ1v) is 6.33. The summed E-state index contributed by atoms with van der Waals surface area (Å²) in [5, 5.41) is 13.0. The summed E-state index contributed by atoms with van der Waals surface area (Å²) in [6.45, 7) is 1.47. The molecular formula is C14H9ClF3N2O. The lowest BCUT2D eigenvalue weighted by Crippen LogP contribution is -2.10. The molecule has 3 rings (SSSR count). The summed E-state index contributed by atoms with van der Waals surface area (Å²) in [6.07, 6.45) is -4.40. The van der Waals surface area contributed by atoms with E-state index in [2.05, 4.69) is 5.32 Å². The molecule has 0 aromatic heterocycles. The van der Waals surface area contributed by atoms with E-state index in [1.807, 2.05) is 0 Å². The Morgan fingerprint density at radius 3 is 2.52 bits per heavy atom. The van der Waals surface area contributed by atoms with Crippen LogP contribution in [-0.4, -0.2) is 5.11 Å². The van der Waals surface area contributed by atoms with E-state index in [4.69, 9.17) is 11.6 Å². The van der Waals surface area contributed by atoms with Crippen molar-refractivity contribution in [3.8, 4) is 5.75 Å². The maximum Gasteiger partial charge on any atom is 0.416 e. The average Bonchev–Trinajstić information content (AvgIpc) is 2.83. The predicted octanol–water partition coefficient (Wildman–Crippen LogP) is 4.75. The zero-order valence-corrected chi connectivity index (χ0v) is 11.2. The third-order valence-electron chi connectivity index (χ3n) is 3.13. The van der Waals surface area contributed by atoms with Crippen LogP contribution in [0.15, 0.2) is 36.4 Å². The van der Waals surface area contributed by atoms with Gasteiger partial charge in [-0.15, -0.1) is 0 Å². The number of phenols is 1. The number of aromatic hydroxyl groups is 1. The highest BCUT2D eigenvalue weighted by molar-refractivity contribution is 6.31. The molecule has 0 atom stereocenters. The minimum Gasteiger partial charge on any atom is -0.506 e. The Labute approximate surface area is 123 Å². The van der Waals surface area contributed by atoms with E-state index in [0.717, 1.165) is 12.1 Å². The minimum atomic E-state index is -4.40. The molecule has 1 aliphatic rings. The van der Waals surface area contributed by atoms with Crippen LogP contribution in [0.25, 0.3) is 0 Å².